The van der Waals surface area contributed by atoms with Crippen LogP contribution in [0.2, 0.25) is 0 Å². The molecule has 0 N–H and O–H groups in total. The molecular weight excluding hydrogens is 417 g/mol. The Morgan fingerprint density at radius 3 is 1.90 bits per heavy atom. The van der Waals surface area contributed by atoms with Crippen molar-refractivity contribution in [3.05, 3.63) is 35.9 Å². The molecule has 0 aliphatic rings. The maximum atomic E-state index is 14.0. The Balaban J connectivity index is 3.52. The van der Waals surface area contributed by atoms with Crippen molar-refractivity contribution in [1.82, 2.24) is 5.06 Å². The van der Waals surface area contributed by atoms with Gasteiger partial charge in [-0.15, -0.1) is 0 Å². The molecule has 0 amide bonds. The van der Waals surface area contributed by atoms with E-state index in [-0.39, 0.29) is 19.8 Å². The van der Waals surface area contributed by atoms with E-state index >= 15 is 0 Å². The van der Waals surface area contributed by atoms with Crippen LogP contribution >= 0.6 is 7.60 Å². The smallest absolute Gasteiger partial charge is 0.350 e. The van der Waals surface area contributed by atoms with Crippen LogP contribution in [0.4, 0.5) is 0 Å². The number of carbonyl (C=O) groups is 1. The number of benzene rings is 1. The van der Waals surface area contributed by atoms with Crippen molar-refractivity contribution in [3.63, 3.8) is 0 Å². The molecule has 7 nitrogen and oxygen atoms in total. The Morgan fingerprint density at radius 2 is 1.52 bits per heavy atom. The zero-order valence-corrected chi connectivity index (χ0v) is 21.4. The Morgan fingerprint density at radius 1 is 1.00 bits per heavy atom. The molecule has 0 aliphatic carbocycles. The molecule has 1 rings (SSSR count). The standard InChI is InChI=1S/C23H40NO6P/c1-10-28-31(26,29-11-2)21(22(4,5)6)24(23(7,8)9)30-20(17-27-18(3)25)19-15-13-12-14-16-19/h12-16,20-21H,10-11,17H2,1-9H3/t20-,21+/m1/s1. The Labute approximate surface area is 187 Å². The van der Waals surface area contributed by atoms with Crippen LogP contribution in [0.5, 0.6) is 0 Å². The van der Waals surface area contributed by atoms with Crippen molar-refractivity contribution >= 4 is 13.6 Å². The van der Waals surface area contributed by atoms with Gasteiger partial charge in [-0.2, -0.15) is 5.06 Å². The van der Waals surface area contributed by atoms with Crippen LogP contribution in [0.1, 0.15) is 74.0 Å². The summed E-state index contributed by atoms with van der Waals surface area (Å²) in [6.07, 6.45) is -0.592. The lowest BCUT2D eigenvalue weighted by atomic mass is 9.94. The summed E-state index contributed by atoms with van der Waals surface area (Å²) in [6.45, 7) is 17.3. The van der Waals surface area contributed by atoms with Gasteiger partial charge in [-0.3, -0.25) is 14.2 Å². The first kappa shape index (κ1) is 27.8. The molecule has 0 saturated carbocycles. The van der Waals surface area contributed by atoms with Gasteiger partial charge in [0.05, 0.1) is 13.2 Å². The second-order valence-corrected chi connectivity index (χ2v) is 11.5. The number of nitrogens with zero attached hydrogens (tertiary/aromatic N) is 1. The number of ether oxygens (including phenoxy) is 1. The molecule has 0 saturated heterocycles. The Bertz CT molecular complexity index is 716. The van der Waals surface area contributed by atoms with Crippen LogP contribution < -0.4 is 0 Å². The van der Waals surface area contributed by atoms with Crippen molar-refractivity contribution in [2.75, 3.05) is 19.8 Å². The van der Waals surface area contributed by atoms with E-state index in [1.54, 1.807) is 18.9 Å². The molecule has 1 aromatic rings. The zero-order chi connectivity index (χ0) is 23.9. The van der Waals surface area contributed by atoms with Crippen LogP contribution in [0, 0.1) is 5.41 Å². The maximum absolute atomic E-state index is 14.0. The Kier molecular flexibility index (Phi) is 10.4. The molecule has 2 atom stereocenters. The topological polar surface area (TPSA) is 74.3 Å². The fourth-order valence-corrected chi connectivity index (χ4v) is 5.94. The van der Waals surface area contributed by atoms with Crippen molar-refractivity contribution in [2.45, 2.75) is 79.7 Å². The highest BCUT2D eigenvalue weighted by Crippen LogP contribution is 2.61. The predicted octanol–water partition coefficient (Wildman–Crippen LogP) is 5.96. The maximum Gasteiger partial charge on any atom is 0.350 e. The summed E-state index contributed by atoms with van der Waals surface area (Å²) >= 11 is 0. The molecule has 0 unspecified atom stereocenters. The Hall–Kier alpha value is -1.24. The largest absolute Gasteiger partial charge is 0.463 e. The molecule has 31 heavy (non-hydrogen) atoms. The first-order chi connectivity index (χ1) is 14.3. The summed E-state index contributed by atoms with van der Waals surface area (Å²) in [6, 6.07) is 9.52. The molecule has 1 aromatic carbocycles. The van der Waals surface area contributed by atoms with Crippen molar-refractivity contribution in [1.29, 1.82) is 0 Å². The van der Waals surface area contributed by atoms with Gasteiger partial charge in [0.2, 0.25) is 0 Å². The van der Waals surface area contributed by atoms with Crippen LogP contribution in [-0.4, -0.2) is 42.2 Å². The lowest BCUT2D eigenvalue weighted by molar-refractivity contribution is -0.275. The van der Waals surface area contributed by atoms with Gasteiger partial charge in [0.15, 0.2) is 0 Å². The van der Waals surface area contributed by atoms with E-state index in [0.29, 0.717) is 0 Å². The SMILES string of the molecule is CCOP(=O)(OCC)[C@H](N(O[C@H](COC(C)=O)c1ccccc1)C(C)(C)C)C(C)(C)C. The highest BCUT2D eigenvalue weighted by atomic mass is 31.2. The van der Waals surface area contributed by atoms with Crippen molar-refractivity contribution < 1.29 is 28.0 Å². The molecule has 0 radical (unpaired) electrons. The van der Waals surface area contributed by atoms with E-state index in [1.165, 1.54) is 6.92 Å². The third-order valence-electron chi connectivity index (χ3n) is 4.43. The zero-order valence-electron chi connectivity index (χ0n) is 20.5. The van der Waals surface area contributed by atoms with Gasteiger partial charge >= 0.3 is 13.6 Å². The number of esters is 1. The summed E-state index contributed by atoms with van der Waals surface area (Å²) in [5.74, 6) is -1.10. The monoisotopic (exact) mass is 457 g/mol. The van der Waals surface area contributed by atoms with Crippen LogP contribution in [0.25, 0.3) is 0 Å². The minimum absolute atomic E-state index is 0.0242. The second-order valence-electron chi connectivity index (χ2n) is 9.42. The van der Waals surface area contributed by atoms with Gasteiger partial charge < -0.3 is 13.8 Å². The number of hydrogen-bond donors (Lipinski definition) is 0. The second kappa shape index (κ2) is 11.6. The molecule has 0 bridgehead atoms. The normalized spacial score (nSPS) is 15.0. The van der Waals surface area contributed by atoms with Crippen LogP contribution in [0.3, 0.4) is 0 Å². The van der Waals surface area contributed by atoms with E-state index in [1.807, 2.05) is 71.9 Å². The van der Waals surface area contributed by atoms with Gasteiger partial charge in [-0.25, -0.2) is 0 Å². The molecule has 0 aliphatic heterocycles. The summed E-state index contributed by atoms with van der Waals surface area (Å²) in [7, 11) is -3.60. The lowest BCUT2D eigenvalue weighted by Gasteiger charge is -2.48. The molecule has 178 valence electrons. The van der Waals surface area contributed by atoms with Crippen LogP contribution in [-0.2, 0) is 28.0 Å². The van der Waals surface area contributed by atoms with Gasteiger partial charge in [-0.1, -0.05) is 51.1 Å². The van der Waals surface area contributed by atoms with Crippen molar-refractivity contribution in [2.24, 2.45) is 5.41 Å². The number of hydroxylamine groups is 2. The third-order valence-corrected chi connectivity index (χ3v) is 7.25. The van der Waals surface area contributed by atoms with E-state index in [0.717, 1.165) is 5.56 Å². The first-order valence-corrected chi connectivity index (χ1v) is 12.4. The van der Waals surface area contributed by atoms with Crippen molar-refractivity contribution in [3.8, 4) is 0 Å². The van der Waals surface area contributed by atoms with E-state index in [4.69, 9.17) is 18.6 Å². The summed E-state index contributed by atoms with van der Waals surface area (Å²) < 4.78 is 30.8. The number of carbonyl (C=O) groups excluding carboxylic acids is 1. The first-order valence-electron chi connectivity index (χ1n) is 10.8. The summed E-state index contributed by atoms with van der Waals surface area (Å²) in [5.41, 5.74) is -0.241. The quantitative estimate of drug-likeness (QED) is 0.230. The van der Waals surface area contributed by atoms with Gasteiger partial charge in [0.1, 0.15) is 18.5 Å². The van der Waals surface area contributed by atoms with Gasteiger partial charge in [-0.05, 0) is 45.6 Å². The third kappa shape index (κ3) is 8.32. The summed E-state index contributed by atoms with van der Waals surface area (Å²) in [4.78, 5) is 18.0. The fraction of sp³-hybridized carbons (Fsp3) is 0.696. The van der Waals surface area contributed by atoms with E-state index in [9.17, 15) is 9.36 Å². The van der Waals surface area contributed by atoms with E-state index in [2.05, 4.69) is 0 Å². The molecule has 0 aromatic heterocycles. The number of hydrogen-bond acceptors (Lipinski definition) is 7. The highest BCUT2D eigenvalue weighted by Gasteiger charge is 2.51. The highest BCUT2D eigenvalue weighted by molar-refractivity contribution is 7.54. The average molecular weight is 458 g/mol. The molecule has 0 fully saturated rings. The van der Waals surface area contributed by atoms with Gasteiger partial charge in [0, 0.05) is 12.5 Å². The molecular formula is C23H40NO6P. The predicted molar refractivity (Wildman–Crippen MR) is 123 cm³/mol. The average Bonchev–Trinajstić information content (AvgIpc) is 2.63. The summed E-state index contributed by atoms with van der Waals surface area (Å²) in [5, 5.41) is 1.71. The molecule has 8 heteroatoms. The van der Waals surface area contributed by atoms with E-state index < -0.39 is 36.4 Å². The fourth-order valence-electron chi connectivity index (χ4n) is 3.26. The minimum atomic E-state index is -3.60. The minimum Gasteiger partial charge on any atom is -0.463 e. The molecule has 0 spiro atoms. The molecule has 0 heterocycles. The lowest BCUT2D eigenvalue weighted by Crippen LogP contribution is -2.54. The number of rotatable bonds is 11. The van der Waals surface area contributed by atoms with Crippen LogP contribution in [0.15, 0.2) is 30.3 Å². The van der Waals surface area contributed by atoms with Gasteiger partial charge in [0.25, 0.3) is 0 Å².